The highest BCUT2D eigenvalue weighted by Gasteiger charge is 2.19. The minimum Gasteiger partial charge on any atom is -0.497 e. The van der Waals surface area contributed by atoms with Crippen LogP contribution in [0.2, 0.25) is 0 Å². The molecule has 9 nitrogen and oxygen atoms in total. The summed E-state index contributed by atoms with van der Waals surface area (Å²) in [6.45, 7) is 5.67. The van der Waals surface area contributed by atoms with Gasteiger partial charge in [-0.05, 0) is 74.4 Å². The number of pyridine rings is 2. The fourth-order valence-corrected chi connectivity index (χ4v) is 4.04. The van der Waals surface area contributed by atoms with Crippen LogP contribution in [0.1, 0.15) is 16.8 Å². The van der Waals surface area contributed by atoms with Gasteiger partial charge >= 0.3 is 0 Å². The molecule has 9 heteroatoms. The van der Waals surface area contributed by atoms with Crippen LogP contribution in [0.4, 0.5) is 5.69 Å². The van der Waals surface area contributed by atoms with Gasteiger partial charge in [-0.25, -0.2) is 4.98 Å². The zero-order chi connectivity index (χ0) is 26.1. The molecule has 37 heavy (non-hydrogen) atoms. The van der Waals surface area contributed by atoms with Crippen molar-refractivity contribution in [1.82, 2.24) is 19.7 Å². The highest BCUT2D eigenvalue weighted by atomic mass is 16.5. The van der Waals surface area contributed by atoms with Crippen molar-refractivity contribution in [3.8, 4) is 28.6 Å². The SMILES string of the molecule is COc1ccc(-c2noc(-c3cn(CC(=O)Nc4cc(C)ccc4C)c4nc(C)ccc4c3=O)n2)cc1. The van der Waals surface area contributed by atoms with Gasteiger partial charge in [0.15, 0.2) is 0 Å². The van der Waals surface area contributed by atoms with Crippen LogP contribution in [0.5, 0.6) is 5.75 Å². The number of rotatable bonds is 6. The molecule has 0 fully saturated rings. The molecule has 0 aliphatic carbocycles. The van der Waals surface area contributed by atoms with E-state index in [0.29, 0.717) is 28.2 Å². The van der Waals surface area contributed by atoms with Crippen LogP contribution in [-0.4, -0.2) is 32.7 Å². The van der Waals surface area contributed by atoms with Crippen molar-refractivity contribution in [3.05, 3.63) is 87.8 Å². The number of carbonyl (C=O) groups excluding carboxylic acids is 1. The van der Waals surface area contributed by atoms with Gasteiger partial charge in [-0.1, -0.05) is 17.3 Å². The van der Waals surface area contributed by atoms with E-state index in [1.807, 2.05) is 39.0 Å². The van der Waals surface area contributed by atoms with E-state index in [2.05, 4.69) is 20.4 Å². The quantitative estimate of drug-likeness (QED) is 0.364. The van der Waals surface area contributed by atoms with Crippen LogP contribution in [0.25, 0.3) is 33.9 Å². The summed E-state index contributed by atoms with van der Waals surface area (Å²) in [5, 5.41) is 7.36. The lowest BCUT2D eigenvalue weighted by Crippen LogP contribution is -2.22. The second kappa shape index (κ2) is 9.69. The second-order valence-corrected chi connectivity index (χ2v) is 8.84. The monoisotopic (exact) mass is 495 g/mol. The van der Waals surface area contributed by atoms with Crippen molar-refractivity contribution >= 4 is 22.6 Å². The molecular formula is C28H25N5O4. The Morgan fingerprint density at radius 1 is 1.03 bits per heavy atom. The average Bonchev–Trinajstić information content (AvgIpc) is 3.38. The van der Waals surface area contributed by atoms with E-state index < -0.39 is 0 Å². The summed E-state index contributed by atoms with van der Waals surface area (Å²) in [6, 6.07) is 16.5. The van der Waals surface area contributed by atoms with E-state index in [4.69, 9.17) is 9.26 Å². The van der Waals surface area contributed by atoms with Crippen LogP contribution >= 0.6 is 0 Å². The highest BCUT2D eigenvalue weighted by Crippen LogP contribution is 2.24. The van der Waals surface area contributed by atoms with Gasteiger partial charge in [-0.2, -0.15) is 4.98 Å². The van der Waals surface area contributed by atoms with E-state index in [-0.39, 0.29) is 29.3 Å². The van der Waals surface area contributed by atoms with Crippen LogP contribution in [0, 0.1) is 20.8 Å². The van der Waals surface area contributed by atoms with Gasteiger partial charge in [-0.3, -0.25) is 9.59 Å². The fraction of sp³-hybridized carbons (Fsp3) is 0.179. The van der Waals surface area contributed by atoms with E-state index in [1.165, 1.54) is 0 Å². The predicted octanol–water partition coefficient (Wildman–Crippen LogP) is 4.69. The maximum atomic E-state index is 13.4. The lowest BCUT2D eigenvalue weighted by molar-refractivity contribution is -0.116. The fourth-order valence-electron chi connectivity index (χ4n) is 4.04. The minimum absolute atomic E-state index is 0.0574. The molecule has 0 saturated heterocycles. The van der Waals surface area contributed by atoms with E-state index in [1.54, 1.807) is 54.3 Å². The zero-order valence-corrected chi connectivity index (χ0v) is 20.9. The normalized spacial score (nSPS) is 11.0. The number of hydrogen-bond donors (Lipinski definition) is 1. The maximum Gasteiger partial charge on any atom is 0.263 e. The molecule has 0 unspecified atom stereocenters. The van der Waals surface area contributed by atoms with E-state index >= 15 is 0 Å². The van der Waals surface area contributed by atoms with Gasteiger partial charge < -0.3 is 19.1 Å². The van der Waals surface area contributed by atoms with Crippen molar-refractivity contribution in [2.75, 3.05) is 12.4 Å². The smallest absolute Gasteiger partial charge is 0.263 e. The number of carbonyl (C=O) groups is 1. The average molecular weight is 496 g/mol. The molecule has 0 atom stereocenters. The lowest BCUT2D eigenvalue weighted by Gasteiger charge is -2.13. The number of methoxy groups -OCH3 is 1. The summed E-state index contributed by atoms with van der Waals surface area (Å²) in [7, 11) is 1.59. The third-order valence-corrected chi connectivity index (χ3v) is 6.05. The van der Waals surface area contributed by atoms with E-state index in [0.717, 1.165) is 22.5 Å². The third kappa shape index (κ3) is 4.84. The molecule has 5 rings (SSSR count). The Bertz CT molecular complexity index is 1690. The largest absolute Gasteiger partial charge is 0.497 e. The number of anilines is 1. The van der Waals surface area contributed by atoms with Crippen LogP contribution in [-0.2, 0) is 11.3 Å². The maximum absolute atomic E-state index is 13.4. The van der Waals surface area contributed by atoms with Crippen molar-refractivity contribution in [1.29, 1.82) is 0 Å². The number of aryl methyl sites for hydroxylation is 3. The Hall–Kier alpha value is -4.79. The van der Waals surface area contributed by atoms with Gasteiger partial charge in [0, 0.05) is 23.1 Å². The summed E-state index contributed by atoms with van der Waals surface area (Å²) >= 11 is 0. The molecule has 186 valence electrons. The topological polar surface area (TPSA) is 112 Å². The van der Waals surface area contributed by atoms with Crippen molar-refractivity contribution in [3.63, 3.8) is 0 Å². The number of nitrogens with one attached hydrogen (secondary N) is 1. The molecule has 0 spiro atoms. The first-order valence-electron chi connectivity index (χ1n) is 11.7. The lowest BCUT2D eigenvalue weighted by atomic mass is 10.1. The van der Waals surface area contributed by atoms with E-state index in [9.17, 15) is 9.59 Å². The molecule has 0 aliphatic heterocycles. The first-order chi connectivity index (χ1) is 17.8. The van der Waals surface area contributed by atoms with Gasteiger partial charge in [-0.15, -0.1) is 0 Å². The zero-order valence-electron chi connectivity index (χ0n) is 20.9. The summed E-state index contributed by atoms with van der Waals surface area (Å²) in [5.41, 5.74) is 4.45. The Kier molecular flexibility index (Phi) is 6.27. The molecule has 1 amide bonds. The Labute approximate surface area is 212 Å². The number of nitrogens with zero attached hydrogens (tertiary/aromatic N) is 4. The molecule has 1 N–H and O–H groups in total. The Morgan fingerprint density at radius 2 is 1.81 bits per heavy atom. The van der Waals surface area contributed by atoms with Crippen molar-refractivity contribution in [2.45, 2.75) is 27.3 Å². The van der Waals surface area contributed by atoms with Crippen molar-refractivity contribution < 1.29 is 14.1 Å². The molecule has 0 aliphatic rings. The number of benzene rings is 2. The standard InChI is InChI=1S/C28H25N5O4/c1-16-5-6-17(2)23(13-16)30-24(34)15-33-14-22(25(35)21-12-7-18(3)29-27(21)33)28-31-26(32-37-28)19-8-10-20(36-4)11-9-19/h5-14H,15H2,1-4H3,(H,30,34). The van der Waals surface area contributed by atoms with Crippen LogP contribution in [0.15, 0.2) is 70.1 Å². The molecule has 3 aromatic heterocycles. The molecule has 0 saturated carbocycles. The third-order valence-electron chi connectivity index (χ3n) is 6.05. The number of hydrogen-bond acceptors (Lipinski definition) is 7. The Balaban J connectivity index is 1.54. The van der Waals surface area contributed by atoms with Gasteiger partial charge in [0.25, 0.3) is 5.89 Å². The summed E-state index contributed by atoms with van der Waals surface area (Å²) < 4.78 is 12.3. The molecular weight excluding hydrogens is 470 g/mol. The predicted molar refractivity (Wildman–Crippen MR) is 141 cm³/mol. The molecule has 0 radical (unpaired) electrons. The van der Waals surface area contributed by atoms with Crippen molar-refractivity contribution in [2.24, 2.45) is 0 Å². The molecule has 0 bridgehead atoms. The summed E-state index contributed by atoms with van der Waals surface area (Å²) in [6.07, 6.45) is 1.55. The Morgan fingerprint density at radius 3 is 2.57 bits per heavy atom. The summed E-state index contributed by atoms with van der Waals surface area (Å²) in [4.78, 5) is 35.4. The number of amides is 1. The van der Waals surface area contributed by atoms with Gasteiger partial charge in [0.2, 0.25) is 17.2 Å². The first kappa shape index (κ1) is 23.9. The van der Waals surface area contributed by atoms with Gasteiger partial charge in [0.05, 0.1) is 12.5 Å². The molecule has 5 aromatic rings. The van der Waals surface area contributed by atoms with Gasteiger partial charge in [0.1, 0.15) is 23.5 Å². The number of aromatic nitrogens is 4. The van der Waals surface area contributed by atoms with Crippen LogP contribution in [0.3, 0.4) is 0 Å². The molecule has 2 aromatic carbocycles. The number of ether oxygens (including phenoxy) is 1. The second-order valence-electron chi connectivity index (χ2n) is 8.84. The first-order valence-corrected chi connectivity index (χ1v) is 11.7. The minimum atomic E-state index is -0.307. The molecule has 3 heterocycles. The number of fused-ring (bicyclic) bond motifs is 1. The summed E-state index contributed by atoms with van der Waals surface area (Å²) in [5.74, 6) is 0.838. The highest BCUT2D eigenvalue weighted by molar-refractivity contribution is 5.92. The van der Waals surface area contributed by atoms with Crippen LogP contribution < -0.4 is 15.5 Å².